The van der Waals surface area contributed by atoms with E-state index in [9.17, 15) is 9.18 Å². The standard InChI is InChI=1S/C13H13Cl2FINO/c14-9-5-8(6-10(16)11(9)15)12(19)13(1-3-17)2-4-18-7-13/h5-6,18H,1-4,7H2/t13-/m1/s1. The lowest BCUT2D eigenvalue weighted by Gasteiger charge is -2.26. The van der Waals surface area contributed by atoms with Gasteiger partial charge in [0.1, 0.15) is 5.82 Å². The molecule has 0 aliphatic carbocycles. The summed E-state index contributed by atoms with van der Waals surface area (Å²) < 4.78 is 14.5. The zero-order valence-electron chi connectivity index (χ0n) is 10.1. The van der Waals surface area contributed by atoms with Gasteiger partial charge in [-0.3, -0.25) is 4.79 Å². The highest BCUT2D eigenvalue weighted by Gasteiger charge is 2.41. The van der Waals surface area contributed by atoms with E-state index >= 15 is 0 Å². The predicted molar refractivity (Wildman–Crippen MR) is 84.2 cm³/mol. The number of nitrogens with one attached hydrogen (secondary N) is 1. The lowest BCUT2D eigenvalue weighted by molar-refractivity contribution is 0.0812. The molecule has 2 rings (SSSR count). The summed E-state index contributed by atoms with van der Waals surface area (Å²) in [6, 6.07) is 2.65. The molecule has 0 radical (unpaired) electrons. The molecule has 0 unspecified atom stereocenters. The van der Waals surface area contributed by atoms with Gasteiger partial charge in [0.05, 0.1) is 10.0 Å². The van der Waals surface area contributed by atoms with E-state index < -0.39 is 11.2 Å². The lowest BCUT2D eigenvalue weighted by Crippen LogP contribution is -2.34. The van der Waals surface area contributed by atoms with Gasteiger partial charge in [0.2, 0.25) is 0 Å². The molecule has 6 heteroatoms. The average Bonchev–Trinajstić information content (AvgIpc) is 2.84. The lowest BCUT2D eigenvalue weighted by atomic mass is 9.77. The van der Waals surface area contributed by atoms with Crippen LogP contribution in [-0.4, -0.2) is 23.3 Å². The third kappa shape index (κ3) is 3.06. The van der Waals surface area contributed by atoms with Crippen molar-refractivity contribution < 1.29 is 9.18 Å². The van der Waals surface area contributed by atoms with Crippen LogP contribution < -0.4 is 5.32 Å². The summed E-state index contributed by atoms with van der Waals surface area (Å²) in [5, 5.41) is 3.16. The fourth-order valence-electron chi connectivity index (χ4n) is 2.44. The van der Waals surface area contributed by atoms with E-state index in [1.54, 1.807) is 0 Å². The van der Waals surface area contributed by atoms with E-state index in [1.807, 2.05) is 0 Å². The molecule has 1 aromatic carbocycles. The largest absolute Gasteiger partial charge is 0.316 e. The maximum atomic E-state index is 13.6. The summed E-state index contributed by atoms with van der Waals surface area (Å²) in [6.45, 7) is 1.45. The van der Waals surface area contributed by atoms with Crippen LogP contribution in [0, 0.1) is 11.2 Å². The Hall–Kier alpha value is 0.0900. The van der Waals surface area contributed by atoms with Crippen LogP contribution >= 0.6 is 45.8 Å². The Kier molecular flexibility index (Phi) is 5.09. The normalized spacial score (nSPS) is 22.7. The second-order valence-corrected chi connectivity index (χ2v) is 6.59. The third-order valence-electron chi connectivity index (χ3n) is 3.54. The Bertz CT molecular complexity index is 480. The molecule has 0 saturated carbocycles. The zero-order chi connectivity index (χ0) is 14.0. The Morgan fingerprint density at radius 2 is 2.21 bits per heavy atom. The van der Waals surface area contributed by atoms with E-state index in [0.29, 0.717) is 12.1 Å². The SMILES string of the molecule is O=C(c1cc(F)c(Cl)c(Cl)c1)[C@]1(CCI)CCNC1. The smallest absolute Gasteiger partial charge is 0.170 e. The van der Waals surface area contributed by atoms with Crippen LogP contribution in [0.15, 0.2) is 12.1 Å². The average molecular weight is 416 g/mol. The minimum absolute atomic E-state index is 0.0494. The van der Waals surface area contributed by atoms with Crippen molar-refractivity contribution in [3.8, 4) is 0 Å². The second kappa shape index (κ2) is 6.24. The van der Waals surface area contributed by atoms with Crippen LogP contribution in [0.4, 0.5) is 4.39 Å². The number of rotatable bonds is 4. The molecule has 1 saturated heterocycles. The predicted octanol–water partition coefficient (Wildman–Crippen LogP) is 4.12. The highest BCUT2D eigenvalue weighted by molar-refractivity contribution is 14.1. The van der Waals surface area contributed by atoms with Crippen molar-refractivity contribution in [2.75, 3.05) is 17.5 Å². The number of carbonyl (C=O) groups is 1. The minimum Gasteiger partial charge on any atom is -0.316 e. The van der Waals surface area contributed by atoms with Crippen LogP contribution in [0.2, 0.25) is 10.0 Å². The molecule has 1 fully saturated rings. The van der Waals surface area contributed by atoms with Crippen LogP contribution in [0.1, 0.15) is 23.2 Å². The molecule has 104 valence electrons. The molecular weight excluding hydrogens is 403 g/mol. The Balaban J connectivity index is 2.37. The van der Waals surface area contributed by atoms with Gasteiger partial charge in [-0.15, -0.1) is 0 Å². The summed E-state index contributed by atoms with van der Waals surface area (Å²) in [4.78, 5) is 12.7. The molecule has 1 heterocycles. The number of benzene rings is 1. The van der Waals surface area contributed by atoms with Gasteiger partial charge in [-0.05, 0) is 31.5 Å². The molecule has 1 aliphatic heterocycles. The Labute approximate surface area is 135 Å². The highest BCUT2D eigenvalue weighted by Crippen LogP contribution is 2.36. The monoisotopic (exact) mass is 415 g/mol. The van der Waals surface area contributed by atoms with E-state index in [0.717, 1.165) is 23.8 Å². The molecule has 1 atom stereocenters. The molecule has 2 nitrogen and oxygen atoms in total. The van der Waals surface area contributed by atoms with Crippen molar-refractivity contribution in [3.63, 3.8) is 0 Å². The summed E-state index contributed by atoms with van der Waals surface area (Å²) in [5.74, 6) is -0.695. The summed E-state index contributed by atoms with van der Waals surface area (Å²) >= 11 is 13.8. The Morgan fingerprint density at radius 1 is 1.47 bits per heavy atom. The molecular formula is C13H13Cl2FINO. The van der Waals surface area contributed by atoms with Gasteiger partial charge in [0, 0.05) is 22.0 Å². The van der Waals surface area contributed by atoms with Crippen LogP contribution in [0.5, 0.6) is 0 Å². The molecule has 1 N–H and O–H groups in total. The molecule has 1 aliphatic rings. The van der Waals surface area contributed by atoms with Crippen LogP contribution in [0.3, 0.4) is 0 Å². The van der Waals surface area contributed by atoms with Crippen molar-refractivity contribution in [2.45, 2.75) is 12.8 Å². The summed E-state index contributed by atoms with van der Waals surface area (Å²) in [5.41, 5.74) is -0.134. The molecule has 0 aromatic heterocycles. The van der Waals surface area contributed by atoms with Crippen molar-refractivity contribution in [2.24, 2.45) is 5.41 Å². The van der Waals surface area contributed by atoms with Crippen LogP contribution in [0.25, 0.3) is 0 Å². The molecule has 0 spiro atoms. The van der Waals surface area contributed by atoms with Crippen molar-refractivity contribution in [1.82, 2.24) is 5.32 Å². The fourth-order valence-corrected chi connectivity index (χ4v) is 3.79. The number of hydrogen-bond acceptors (Lipinski definition) is 2. The minimum atomic E-state index is -0.645. The molecule has 19 heavy (non-hydrogen) atoms. The number of ketones is 1. The first-order valence-electron chi connectivity index (χ1n) is 5.96. The first-order chi connectivity index (χ1) is 9.00. The quantitative estimate of drug-likeness (QED) is 0.347. The van der Waals surface area contributed by atoms with Gasteiger partial charge >= 0.3 is 0 Å². The number of halogens is 4. The van der Waals surface area contributed by atoms with Gasteiger partial charge in [-0.2, -0.15) is 0 Å². The first kappa shape index (κ1) is 15.5. The van der Waals surface area contributed by atoms with Gasteiger partial charge in [-0.25, -0.2) is 4.39 Å². The number of alkyl halides is 1. The summed E-state index contributed by atoms with van der Waals surface area (Å²) in [6.07, 6.45) is 1.55. The highest BCUT2D eigenvalue weighted by atomic mass is 127. The molecule has 1 aromatic rings. The zero-order valence-corrected chi connectivity index (χ0v) is 13.8. The van der Waals surface area contributed by atoms with E-state index in [2.05, 4.69) is 27.9 Å². The molecule has 0 bridgehead atoms. The Morgan fingerprint density at radius 3 is 2.74 bits per heavy atom. The van der Waals surface area contributed by atoms with E-state index in [-0.39, 0.29) is 15.8 Å². The van der Waals surface area contributed by atoms with E-state index in [4.69, 9.17) is 23.2 Å². The second-order valence-electron chi connectivity index (χ2n) is 4.73. The van der Waals surface area contributed by atoms with Crippen molar-refractivity contribution in [1.29, 1.82) is 0 Å². The maximum Gasteiger partial charge on any atom is 0.170 e. The van der Waals surface area contributed by atoms with Gasteiger partial charge in [0.15, 0.2) is 5.78 Å². The van der Waals surface area contributed by atoms with Crippen molar-refractivity contribution in [3.05, 3.63) is 33.6 Å². The first-order valence-corrected chi connectivity index (χ1v) is 8.24. The third-order valence-corrected chi connectivity index (χ3v) is 4.86. The van der Waals surface area contributed by atoms with Gasteiger partial charge in [0.25, 0.3) is 0 Å². The van der Waals surface area contributed by atoms with E-state index in [1.165, 1.54) is 12.1 Å². The number of hydrogen-bond donors (Lipinski definition) is 1. The topological polar surface area (TPSA) is 29.1 Å². The van der Waals surface area contributed by atoms with Gasteiger partial charge in [-0.1, -0.05) is 45.8 Å². The maximum absolute atomic E-state index is 13.6. The number of Topliss-reactive ketones (excluding diaryl/α,β-unsaturated/α-hetero) is 1. The van der Waals surface area contributed by atoms with Gasteiger partial charge < -0.3 is 5.32 Å². The van der Waals surface area contributed by atoms with Crippen molar-refractivity contribution >= 4 is 51.6 Å². The summed E-state index contributed by atoms with van der Waals surface area (Å²) in [7, 11) is 0. The van der Waals surface area contributed by atoms with Crippen LogP contribution in [-0.2, 0) is 0 Å². The fraction of sp³-hybridized carbons (Fsp3) is 0.462. The molecule has 0 amide bonds. The number of carbonyl (C=O) groups excluding carboxylic acids is 1.